The van der Waals surface area contributed by atoms with E-state index < -0.39 is 0 Å². The molecular formula is C10H12N4OS. The third kappa shape index (κ3) is 2.46. The molecule has 0 saturated carbocycles. The van der Waals surface area contributed by atoms with Crippen molar-refractivity contribution in [2.75, 3.05) is 0 Å². The fraction of sp³-hybridized carbons (Fsp3) is 0.300. The fourth-order valence-electron chi connectivity index (χ4n) is 1.27. The molecule has 0 aliphatic rings. The number of thiophene rings is 1. The second-order valence-corrected chi connectivity index (χ2v) is 4.38. The van der Waals surface area contributed by atoms with Crippen molar-refractivity contribution in [1.29, 1.82) is 0 Å². The van der Waals surface area contributed by atoms with Gasteiger partial charge in [0.2, 0.25) is 5.91 Å². The number of nitrogens with one attached hydrogen (secondary N) is 1. The smallest absolute Gasteiger partial charge is 0.244 e. The third-order valence-electron chi connectivity index (χ3n) is 2.23. The van der Waals surface area contributed by atoms with Crippen molar-refractivity contribution < 1.29 is 4.79 Å². The number of hydrogen-bond donors (Lipinski definition) is 1. The third-order valence-corrected chi connectivity index (χ3v) is 3.11. The maximum atomic E-state index is 11.7. The maximum Gasteiger partial charge on any atom is 0.244 e. The lowest BCUT2D eigenvalue weighted by Crippen LogP contribution is -2.30. The Bertz CT molecular complexity index is 437. The lowest BCUT2D eigenvalue weighted by Gasteiger charge is -2.11. The van der Waals surface area contributed by atoms with Gasteiger partial charge in [-0.15, -0.1) is 11.3 Å². The Kier molecular flexibility index (Phi) is 3.31. The first kappa shape index (κ1) is 10.8. The van der Waals surface area contributed by atoms with Crippen LogP contribution in [-0.2, 0) is 11.3 Å². The molecule has 6 heteroatoms. The Morgan fingerprint density at radius 2 is 2.56 bits per heavy atom. The van der Waals surface area contributed by atoms with Gasteiger partial charge in [-0.05, 0) is 18.4 Å². The van der Waals surface area contributed by atoms with E-state index in [1.54, 1.807) is 18.3 Å². The van der Waals surface area contributed by atoms with Gasteiger partial charge in [0.1, 0.15) is 18.7 Å². The zero-order chi connectivity index (χ0) is 11.4. The molecule has 0 fully saturated rings. The van der Waals surface area contributed by atoms with Crippen LogP contribution >= 0.6 is 11.3 Å². The molecule has 0 spiro atoms. The molecule has 0 saturated heterocycles. The lowest BCUT2D eigenvalue weighted by molar-refractivity contribution is -0.124. The van der Waals surface area contributed by atoms with Crippen molar-refractivity contribution in [1.82, 2.24) is 20.1 Å². The van der Waals surface area contributed by atoms with Crippen LogP contribution in [0.4, 0.5) is 0 Å². The molecule has 2 aromatic rings. The van der Waals surface area contributed by atoms with Crippen LogP contribution in [0.3, 0.4) is 0 Å². The summed E-state index contributed by atoms with van der Waals surface area (Å²) in [5.74, 6) is -0.0566. The van der Waals surface area contributed by atoms with Crippen molar-refractivity contribution in [2.24, 2.45) is 0 Å². The van der Waals surface area contributed by atoms with Gasteiger partial charge in [0, 0.05) is 4.88 Å². The average molecular weight is 236 g/mol. The molecule has 5 nitrogen and oxygen atoms in total. The molecule has 0 aliphatic heterocycles. The SMILES string of the molecule is C[C@@H](C(=O)NCc1cccs1)n1cncn1. The fourth-order valence-corrected chi connectivity index (χ4v) is 1.92. The summed E-state index contributed by atoms with van der Waals surface area (Å²) in [7, 11) is 0. The van der Waals surface area contributed by atoms with E-state index >= 15 is 0 Å². The van der Waals surface area contributed by atoms with E-state index in [9.17, 15) is 4.79 Å². The van der Waals surface area contributed by atoms with Gasteiger partial charge in [-0.1, -0.05) is 6.07 Å². The van der Waals surface area contributed by atoms with Crippen molar-refractivity contribution in [3.05, 3.63) is 35.0 Å². The maximum absolute atomic E-state index is 11.7. The molecule has 0 unspecified atom stereocenters. The van der Waals surface area contributed by atoms with Crippen LogP contribution in [0.15, 0.2) is 30.2 Å². The first-order chi connectivity index (χ1) is 7.77. The highest BCUT2D eigenvalue weighted by Gasteiger charge is 2.14. The molecule has 84 valence electrons. The van der Waals surface area contributed by atoms with Gasteiger partial charge in [0.25, 0.3) is 0 Å². The summed E-state index contributed by atoms with van der Waals surface area (Å²) in [4.78, 5) is 16.7. The monoisotopic (exact) mass is 236 g/mol. The van der Waals surface area contributed by atoms with Crippen molar-refractivity contribution in [3.8, 4) is 0 Å². The van der Waals surface area contributed by atoms with Gasteiger partial charge in [0.15, 0.2) is 0 Å². The van der Waals surface area contributed by atoms with E-state index in [0.29, 0.717) is 6.54 Å². The molecule has 0 aromatic carbocycles. The minimum atomic E-state index is -0.331. The van der Waals surface area contributed by atoms with Crippen LogP contribution in [0.1, 0.15) is 17.8 Å². The topological polar surface area (TPSA) is 59.8 Å². The molecule has 1 atom stereocenters. The number of nitrogens with zero attached hydrogens (tertiary/aromatic N) is 3. The Morgan fingerprint density at radius 1 is 1.69 bits per heavy atom. The largest absolute Gasteiger partial charge is 0.349 e. The normalized spacial score (nSPS) is 12.3. The molecule has 2 aromatic heterocycles. The van der Waals surface area contributed by atoms with Gasteiger partial charge in [0.05, 0.1) is 6.54 Å². The van der Waals surface area contributed by atoms with Crippen molar-refractivity contribution in [2.45, 2.75) is 19.5 Å². The lowest BCUT2D eigenvalue weighted by atomic mass is 10.3. The standard InChI is InChI=1S/C10H12N4OS/c1-8(14-7-11-6-13-14)10(15)12-5-9-3-2-4-16-9/h2-4,6-8H,5H2,1H3,(H,12,15)/t8-/m0/s1. The van der Waals surface area contributed by atoms with E-state index in [1.165, 1.54) is 17.3 Å². The van der Waals surface area contributed by atoms with Crippen LogP contribution < -0.4 is 5.32 Å². The molecule has 0 bridgehead atoms. The molecule has 1 amide bonds. The molecule has 2 rings (SSSR count). The van der Waals surface area contributed by atoms with Gasteiger partial charge in [-0.2, -0.15) is 5.10 Å². The summed E-state index contributed by atoms with van der Waals surface area (Å²) in [6, 6.07) is 3.63. The van der Waals surface area contributed by atoms with Gasteiger partial charge in [-0.25, -0.2) is 9.67 Å². The van der Waals surface area contributed by atoms with E-state index in [4.69, 9.17) is 0 Å². The first-order valence-corrected chi connectivity index (χ1v) is 5.79. The van der Waals surface area contributed by atoms with Gasteiger partial charge < -0.3 is 5.32 Å². The zero-order valence-corrected chi connectivity index (χ0v) is 9.65. The minimum absolute atomic E-state index is 0.0566. The Labute approximate surface area is 97.1 Å². The number of carbonyl (C=O) groups excluding carboxylic acids is 1. The van der Waals surface area contributed by atoms with Gasteiger partial charge in [-0.3, -0.25) is 4.79 Å². The molecule has 0 aliphatic carbocycles. The molecule has 0 radical (unpaired) electrons. The first-order valence-electron chi connectivity index (χ1n) is 4.91. The number of rotatable bonds is 4. The van der Waals surface area contributed by atoms with E-state index in [1.807, 2.05) is 17.5 Å². The Balaban J connectivity index is 1.89. The average Bonchev–Trinajstić information content (AvgIpc) is 2.96. The highest BCUT2D eigenvalue weighted by molar-refractivity contribution is 7.09. The summed E-state index contributed by atoms with van der Waals surface area (Å²) < 4.78 is 1.53. The second kappa shape index (κ2) is 4.89. The molecule has 1 N–H and O–H groups in total. The van der Waals surface area contributed by atoms with E-state index in [2.05, 4.69) is 15.4 Å². The summed E-state index contributed by atoms with van der Waals surface area (Å²) in [5, 5.41) is 8.77. The Hall–Kier alpha value is -1.69. The summed E-state index contributed by atoms with van der Waals surface area (Å²) in [6.07, 6.45) is 2.96. The van der Waals surface area contributed by atoms with Gasteiger partial charge >= 0.3 is 0 Å². The molecule has 2 heterocycles. The number of amides is 1. The highest BCUT2D eigenvalue weighted by atomic mass is 32.1. The van der Waals surface area contributed by atoms with Crippen molar-refractivity contribution >= 4 is 17.2 Å². The summed E-state index contributed by atoms with van der Waals surface area (Å²) in [5.41, 5.74) is 0. The van der Waals surface area contributed by atoms with E-state index in [0.717, 1.165) is 4.88 Å². The second-order valence-electron chi connectivity index (χ2n) is 3.35. The van der Waals surface area contributed by atoms with Crippen molar-refractivity contribution in [3.63, 3.8) is 0 Å². The van der Waals surface area contributed by atoms with Crippen LogP contribution in [0.5, 0.6) is 0 Å². The van der Waals surface area contributed by atoms with Crippen LogP contribution in [0.2, 0.25) is 0 Å². The van der Waals surface area contributed by atoms with Crippen LogP contribution in [0, 0.1) is 0 Å². The number of hydrogen-bond acceptors (Lipinski definition) is 4. The predicted octanol–water partition coefficient (Wildman–Crippen LogP) is 1.22. The minimum Gasteiger partial charge on any atom is -0.349 e. The summed E-state index contributed by atoms with van der Waals surface area (Å²) in [6.45, 7) is 2.36. The van der Waals surface area contributed by atoms with E-state index in [-0.39, 0.29) is 11.9 Å². The number of aromatic nitrogens is 3. The predicted molar refractivity (Wildman–Crippen MR) is 60.9 cm³/mol. The number of carbonyl (C=O) groups is 1. The molecule has 16 heavy (non-hydrogen) atoms. The molecular weight excluding hydrogens is 224 g/mol. The van der Waals surface area contributed by atoms with Crippen LogP contribution in [-0.4, -0.2) is 20.7 Å². The van der Waals surface area contributed by atoms with Crippen LogP contribution in [0.25, 0.3) is 0 Å². The summed E-state index contributed by atoms with van der Waals surface area (Å²) >= 11 is 1.62. The quantitative estimate of drug-likeness (QED) is 0.868. The Morgan fingerprint density at radius 3 is 3.19 bits per heavy atom. The zero-order valence-electron chi connectivity index (χ0n) is 8.83. The highest BCUT2D eigenvalue weighted by Crippen LogP contribution is 2.08.